The molecular formula is C19H25N3O3. The summed E-state index contributed by atoms with van der Waals surface area (Å²) in [5, 5.41) is 3.25. The van der Waals surface area contributed by atoms with Crippen molar-refractivity contribution in [3.8, 4) is 0 Å². The zero-order valence-electron chi connectivity index (χ0n) is 14.4. The van der Waals surface area contributed by atoms with E-state index < -0.39 is 0 Å². The third-order valence-corrected chi connectivity index (χ3v) is 5.47. The minimum Gasteiger partial charge on any atom is -0.378 e. The summed E-state index contributed by atoms with van der Waals surface area (Å²) >= 11 is 0. The number of hydrogen-bond donors (Lipinski definition) is 1. The van der Waals surface area contributed by atoms with E-state index in [2.05, 4.69) is 11.4 Å². The van der Waals surface area contributed by atoms with Gasteiger partial charge in [-0.25, -0.2) is 0 Å². The van der Waals surface area contributed by atoms with Gasteiger partial charge in [-0.05, 0) is 24.5 Å². The van der Waals surface area contributed by atoms with Gasteiger partial charge in [0.15, 0.2) is 0 Å². The molecule has 6 nitrogen and oxygen atoms in total. The Bertz CT molecular complexity index is 657. The van der Waals surface area contributed by atoms with Gasteiger partial charge in [-0.3, -0.25) is 9.59 Å². The van der Waals surface area contributed by atoms with Gasteiger partial charge in [0.05, 0.1) is 13.2 Å². The quantitative estimate of drug-likeness (QED) is 0.890. The molecule has 4 rings (SSSR count). The van der Waals surface area contributed by atoms with Crippen LogP contribution in [0, 0.1) is 0 Å². The van der Waals surface area contributed by atoms with E-state index in [0.717, 1.165) is 31.6 Å². The highest BCUT2D eigenvalue weighted by molar-refractivity contribution is 5.99. The van der Waals surface area contributed by atoms with Crippen molar-refractivity contribution in [1.82, 2.24) is 10.2 Å². The fourth-order valence-corrected chi connectivity index (χ4v) is 4.12. The number of para-hydroxylation sites is 1. The number of carbonyl (C=O) groups is 2. The Morgan fingerprint density at radius 3 is 2.96 bits per heavy atom. The molecule has 3 aliphatic heterocycles. The van der Waals surface area contributed by atoms with Crippen LogP contribution in [0.15, 0.2) is 24.3 Å². The molecule has 0 saturated carbocycles. The number of amides is 2. The van der Waals surface area contributed by atoms with E-state index in [4.69, 9.17) is 4.74 Å². The summed E-state index contributed by atoms with van der Waals surface area (Å²) in [4.78, 5) is 28.6. The molecule has 6 heteroatoms. The number of benzene rings is 1. The number of nitrogens with one attached hydrogen (secondary N) is 1. The van der Waals surface area contributed by atoms with Crippen molar-refractivity contribution in [1.29, 1.82) is 0 Å². The van der Waals surface area contributed by atoms with Crippen LogP contribution in [-0.4, -0.2) is 62.1 Å². The minimum absolute atomic E-state index is 0.0897. The van der Waals surface area contributed by atoms with Crippen molar-refractivity contribution in [3.05, 3.63) is 29.8 Å². The smallest absolute Gasteiger partial charge is 0.246 e. The molecule has 2 fully saturated rings. The zero-order chi connectivity index (χ0) is 17.2. The van der Waals surface area contributed by atoms with E-state index in [-0.39, 0.29) is 23.8 Å². The molecule has 2 amide bonds. The van der Waals surface area contributed by atoms with Gasteiger partial charge in [0.25, 0.3) is 0 Å². The van der Waals surface area contributed by atoms with Gasteiger partial charge in [-0.15, -0.1) is 0 Å². The third-order valence-electron chi connectivity index (χ3n) is 5.47. The number of fused-ring (bicyclic) bond motifs is 1. The molecule has 0 spiro atoms. The third kappa shape index (κ3) is 3.28. The second kappa shape index (κ2) is 7.14. The average Bonchev–Trinajstić information content (AvgIpc) is 3.23. The van der Waals surface area contributed by atoms with Crippen LogP contribution in [0.3, 0.4) is 0 Å². The topological polar surface area (TPSA) is 61.9 Å². The molecule has 0 bridgehead atoms. The molecule has 1 aromatic carbocycles. The Balaban J connectivity index is 1.47. The van der Waals surface area contributed by atoms with Gasteiger partial charge < -0.3 is 19.9 Å². The first-order chi connectivity index (χ1) is 12.2. The molecule has 0 radical (unpaired) electrons. The lowest BCUT2D eigenvalue weighted by Gasteiger charge is -2.28. The fourth-order valence-electron chi connectivity index (χ4n) is 4.12. The van der Waals surface area contributed by atoms with E-state index in [0.29, 0.717) is 32.7 Å². The molecule has 0 aromatic heterocycles. The van der Waals surface area contributed by atoms with Crippen LogP contribution < -0.4 is 10.2 Å². The second-order valence-corrected chi connectivity index (χ2v) is 7.06. The highest BCUT2D eigenvalue weighted by Gasteiger charge is 2.36. The number of hydrogen-bond acceptors (Lipinski definition) is 4. The Morgan fingerprint density at radius 2 is 2.20 bits per heavy atom. The van der Waals surface area contributed by atoms with Gasteiger partial charge in [0.1, 0.15) is 6.04 Å². The Hall–Kier alpha value is -1.92. The Kier molecular flexibility index (Phi) is 4.72. The summed E-state index contributed by atoms with van der Waals surface area (Å²) in [6.45, 7) is 4.16. The number of anilines is 1. The number of nitrogens with zero attached hydrogens (tertiary/aromatic N) is 2. The zero-order valence-corrected chi connectivity index (χ0v) is 14.4. The largest absolute Gasteiger partial charge is 0.378 e. The first-order valence-corrected chi connectivity index (χ1v) is 9.23. The van der Waals surface area contributed by atoms with Crippen LogP contribution in [0.4, 0.5) is 5.69 Å². The molecule has 2 atom stereocenters. The van der Waals surface area contributed by atoms with Crippen LogP contribution in [0.2, 0.25) is 0 Å². The highest BCUT2D eigenvalue weighted by atomic mass is 16.5. The molecule has 2 saturated heterocycles. The van der Waals surface area contributed by atoms with E-state index in [1.807, 2.05) is 28.0 Å². The fraction of sp³-hybridized carbons (Fsp3) is 0.579. The summed E-state index contributed by atoms with van der Waals surface area (Å²) in [7, 11) is 0. The normalized spacial score (nSPS) is 26.2. The maximum Gasteiger partial charge on any atom is 0.246 e. The minimum atomic E-state index is -0.263. The van der Waals surface area contributed by atoms with Crippen molar-refractivity contribution in [2.45, 2.75) is 31.2 Å². The first-order valence-electron chi connectivity index (χ1n) is 9.23. The van der Waals surface area contributed by atoms with Crippen LogP contribution in [0.5, 0.6) is 0 Å². The molecule has 0 aliphatic carbocycles. The van der Waals surface area contributed by atoms with E-state index >= 15 is 0 Å². The average molecular weight is 343 g/mol. The van der Waals surface area contributed by atoms with E-state index in [1.165, 1.54) is 5.56 Å². The van der Waals surface area contributed by atoms with Crippen LogP contribution in [-0.2, 0) is 14.3 Å². The Morgan fingerprint density at radius 1 is 1.32 bits per heavy atom. The molecule has 134 valence electrons. The van der Waals surface area contributed by atoms with E-state index in [1.54, 1.807) is 0 Å². The standard InChI is InChI=1S/C19H25N3O3/c23-18-6-3-9-21(18)10-7-14-12-22(17-5-2-1-4-15(14)17)19(24)16-13-25-11-8-20-16/h1-2,4-5,14,16,20H,3,6-13H2. The van der Waals surface area contributed by atoms with Gasteiger partial charge in [0.2, 0.25) is 11.8 Å². The Labute approximate surface area is 148 Å². The van der Waals surface area contributed by atoms with Gasteiger partial charge in [-0.1, -0.05) is 18.2 Å². The maximum absolute atomic E-state index is 12.9. The summed E-state index contributed by atoms with van der Waals surface area (Å²) in [6, 6.07) is 7.89. The van der Waals surface area contributed by atoms with Crippen molar-refractivity contribution in [2.75, 3.05) is 44.3 Å². The maximum atomic E-state index is 12.9. The van der Waals surface area contributed by atoms with Crippen molar-refractivity contribution < 1.29 is 14.3 Å². The molecule has 3 aliphatic rings. The second-order valence-electron chi connectivity index (χ2n) is 7.06. The molecule has 2 unspecified atom stereocenters. The number of morpholine rings is 1. The monoisotopic (exact) mass is 343 g/mol. The van der Waals surface area contributed by atoms with Crippen LogP contribution in [0.1, 0.15) is 30.7 Å². The highest BCUT2D eigenvalue weighted by Crippen LogP contribution is 2.38. The summed E-state index contributed by atoms with van der Waals surface area (Å²) < 4.78 is 5.45. The SMILES string of the molecule is O=C1CCCN1CCC1CN(C(=O)C2COCCN2)c2ccccc21. The van der Waals surface area contributed by atoms with Gasteiger partial charge >= 0.3 is 0 Å². The predicted molar refractivity (Wildman–Crippen MR) is 94.6 cm³/mol. The molecular weight excluding hydrogens is 318 g/mol. The van der Waals surface area contributed by atoms with Crippen LogP contribution >= 0.6 is 0 Å². The summed E-state index contributed by atoms with van der Waals surface area (Å²) in [6.07, 6.45) is 2.55. The van der Waals surface area contributed by atoms with Crippen LogP contribution in [0.25, 0.3) is 0 Å². The number of ether oxygens (including phenoxy) is 1. The first kappa shape index (κ1) is 16.5. The van der Waals surface area contributed by atoms with E-state index in [9.17, 15) is 9.59 Å². The molecule has 25 heavy (non-hydrogen) atoms. The van der Waals surface area contributed by atoms with Gasteiger partial charge in [0, 0.05) is 44.2 Å². The van der Waals surface area contributed by atoms with Gasteiger partial charge in [-0.2, -0.15) is 0 Å². The predicted octanol–water partition coefficient (Wildman–Crippen LogP) is 1.12. The van der Waals surface area contributed by atoms with Crippen molar-refractivity contribution in [2.24, 2.45) is 0 Å². The molecule has 3 heterocycles. The van der Waals surface area contributed by atoms with Crippen molar-refractivity contribution in [3.63, 3.8) is 0 Å². The molecule has 1 N–H and O–H groups in total. The van der Waals surface area contributed by atoms with Crippen molar-refractivity contribution >= 4 is 17.5 Å². The lowest BCUT2D eigenvalue weighted by molar-refractivity contribution is -0.128. The summed E-state index contributed by atoms with van der Waals surface area (Å²) in [5.41, 5.74) is 2.23. The summed E-state index contributed by atoms with van der Waals surface area (Å²) in [5.74, 6) is 0.646. The lowest BCUT2D eigenvalue weighted by Crippen LogP contribution is -2.52. The number of likely N-dealkylation sites (tertiary alicyclic amines) is 1. The number of carbonyl (C=O) groups excluding carboxylic acids is 2. The number of rotatable bonds is 4. The molecule has 1 aromatic rings. The lowest BCUT2D eigenvalue weighted by atomic mass is 9.98.